The zero-order valence-corrected chi connectivity index (χ0v) is 43.3. The van der Waals surface area contributed by atoms with Gasteiger partial charge in [0, 0.05) is 29.7 Å². The lowest BCUT2D eigenvalue weighted by atomic mass is 9.45. The monoisotopic (exact) mass is 1030 g/mol. The standard InChI is InChI=1S/C59H70N2O14/c1-6-29-70-32-33-71-34-35-72-53(65)38-60-37-52(64)61-45-21-19-42(20-22-45)54(66)41-15-17-43(18-16-41)55(67)73-30-8-7-9-46(62)24-27-59(5)50-23-12-40(3)48(58(50,4)28-25-51(59)63)36-49(47-26-31-74-57(47)69)75-56(68)44-13-10-39(2)11-14-44/h1,10-11,13-22,26,48-51,60,63H,3,7-9,12,23-25,27-38H2,2,4-5H3,(H,61,64)/t48-,49?,50?,51?,58+,59+/m1/s1. The van der Waals surface area contributed by atoms with E-state index in [9.17, 15) is 38.7 Å². The third-order valence-corrected chi connectivity index (χ3v) is 14.9. The maximum Gasteiger partial charge on any atom is 0.338 e. The molecule has 3 aromatic carbocycles. The Morgan fingerprint density at radius 2 is 1.47 bits per heavy atom. The van der Waals surface area contributed by atoms with Crippen LogP contribution >= 0.6 is 0 Å². The van der Waals surface area contributed by atoms with Crippen LogP contribution < -0.4 is 10.6 Å². The molecule has 1 amide bonds. The first-order chi connectivity index (χ1) is 36.0. The molecule has 6 rings (SSSR count). The number of hydrogen-bond donors (Lipinski definition) is 3. The Morgan fingerprint density at radius 1 is 0.813 bits per heavy atom. The summed E-state index contributed by atoms with van der Waals surface area (Å²) in [5.74, 6) is -0.489. The van der Waals surface area contributed by atoms with Crippen molar-refractivity contribution in [2.75, 3.05) is 64.7 Å². The molecule has 1 heterocycles. The van der Waals surface area contributed by atoms with Crippen LogP contribution in [0.25, 0.3) is 0 Å². The highest BCUT2D eigenvalue weighted by Crippen LogP contribution is 2.63. The smallest absolute Gasteiger partial charge is 0.338 e. The van der Waals surface area contributed by atoms with E-state index in [0.29, 0.717) is 92.5 Å². The number of benzene rings is 3. The summed E-state index contributed by atoms with van der Waals surface area (Å²) in [6, 6.07) is 19.5. The van der Waals surface area contributed by atoms with Gasteiger partial charge in [0.25, 0.3) is 0 Å². The Labute approximate surface area is 439 Å². The summed E-state index contributed by atoms with van der Waals surface area (Å²) in [5.41, 5.74) is 3.26. The summed E-state index contributed by atoms with van der Waals surface area (Å²) in [5, 5.41) is 17.0. The highest BCUT2D eigenvalue weighted by molar-refractivity contribution is 6.09. The minimum Gasteiger partial charge on any atom is -0.462 e. The number of Topliss-reactive ketones (excluding diaryl/α,β-unsaturated/α-hetero) is 1. The van der Waals surface area contributed by atoms with Gasteiger partial charge in [-0.15, -0.1) is 6.42 Å². The number of anilines is 1. The normalized spacial score (nSPS) is 21.4. The number of cyclic esters (lactones) is 1. The molecule has 3 N–H and O–H groups in total. The van der Waals surface area contributed by atoms with E-state index in [2.05, 4.69) is 37.0 Å². The van der Waals surface area contributed by atoms with E-state index in [-0.39, 0.29) is 86.9 Å². The number of esters is 4. The average molecular weight is 1030 g/mol. The molecule has 0 bridgehead atoms. The van der Waals surface area contributed by atoms with Crippen LogP contribution in [-0.4, -0.2) is 118 Å². The number of unbranched alkanes of at least 4 members (excludes halogenated alkanes) is 1. The second-order valence-electron chi connectivity index (χ2n) is 20.0. The minimum absolute atomic E-state index is 0.0340. The molecule has 0 saturated heterocycles. The molecule has 2 fully saturated rings. The van der Waals surface area contributed by atoms with E-state index in [1.54, 1.807) is 42.5 Å². The Hall–Kier alpha value is -6.77. The second-order valence-corrected chi connectivity index (χ2v) is 20.0. The zero-order chi connectivity index (χ0) is 54.0. The number of aryl methyl sites for hydroxylation is 1. The average Bonchev–Trinajstić information content (AvgIpc) is 3.85. The Bertz CT molecular complexity index is 2580. The van der Waals surface area contributed by atoms with E-state index in [4.69, 9.17) is 34.8 Å². The van der Waals surface area contributed by atoms with Crippen molar-refractivity contribution >= 4 is 47.0 Å². The van der Waals surface area contributed by atoms with Crippen LogP contribution in [0.1, 0.15) is 120 Å². The summed E-state index contributed by atoms with van der Waals surface area (Å²) in [4.78, 5) is 90.1. The number of ether oxygens (including phenoxy) is 6. The Kier molecular flexibility index (Phi) is 21.2. The maximum atomic E-state index is 13.4. The summed E-state index contributed by atoms with van der Waals surface area (Å²) in [7, 11) is 0. The molecule has 2 aliphatic carbocycles. The van der Waals surface area contributed by atoms with Gasteiger partial charge in [0.05, 0.1) is 62.3 Å². The molecule has 2 saturated carbocycles. The van der Waals surface area contributed by atoms with Gasteiger partial charge in [-0.25, -0.2) is 14.4 Å². The van der Waals surface area contributed by atoms with Crippen LogP contribution in [0, 0.1) is 41.9 Å². The van der Waals surface area contributed by atoms with Crippen molar-refractivity contribution in [3.63, 3.8) is 0 Å². The van der Waals surface area contributed by atoms with Gasteiger partial charge >= 0.3 is 23.9 Å². The van der Waals surface area contributed by atoms with E-state index in [1.807, 2.05) is 19.1 Å². The van der Waals surface area contributed by atoms with Gasteiger partial charge in [-0.1, -0.05) is 61.7 Å². The highest BCUT2D eigenvalue weighted by Gasteiger charge is 2.58. The van der Waals surface area contributed by atoms with Gasteiger partial charge in [-0.2, -0.15) is 0 Å². The molecule has 0 spiro atoms. The molecule has 6 atom stereocenters. The lowest BCUT2D eigenvalue weighted by Crippen LogP contribution is -2.56. The number of ketones is 2. The quantitative estimate of drug-likeness (QED) is 0.0160. The van der Waals surface area contributed by atoms with E-state index in [1.165, 1.54) is 24.3 Å². The fourth-order valence-corrected chi connectivity index (χ4v) is 10.7. The second kappa shape index (κ2) is 27.7. The first-order valence-corrected chi connectivity index (χ1v) is 25.7. The predicted molar refractivity (Wildman–Crippen MR) is 278 cm³/mol. The lowest BCUT2D eigenvalue weighted by molar-refractivity contribution is -0.145. The number of aliphatic hydroxyl groups is 1. The van der Waals surface area contributed by atoms with Crippen molar-refractivity contribution in [2.45, 2.75) is 97.2 Å². The molecule has 0 aromatic heterocycles. The van der Waals surface area contributed by atoms with E-state index < -0.39 is 47.4 Å². The van der Waals surface area contributed by atoms with Gasteiger partial charge in [-0.05, 0) is 136 Å². The van der Waals surface area contributed by atoms with Crippen LogP contribution in [0.3, 0.4) is 0 Å². The van der Waals surface area contributed by atoms with Crippen molar-refractivity contribution in [1.82, 2.24) is 5.32 Å². The fourth-order valence-electron chi connectivity index (χ4n) is 10.7. The molecular formula is C59H70N2O14. The van der Waals surface area contributed by atoms with Crippen LogP contribution in [0.4, 0.5) is 5.69 Å². The third kappa shape index (κ3) is 15.9. The lowest BCUT2D eigenvalue weighted by Gasteiger charge is -2.60. The summed E-state index contributed by atoms with van der Waals surface area (Å²) < 4.78 is 32.2. The van der Waals surface area contributed by atoms with Crippen molar-refractivity contribution in [3.05, 3.63) is 124 Å². The van der Waals surface area contributed by atoms with Gasteiger partial charge < -0.3 is 38.8 Å². The Balaban J connectivity index is 0.900. The predicted octanol–water partition coefficient (Wildman–Crippen LogP) is 7.49. The SMILES string of the molecule is C#CCOCCOCCOC(=O)CNCC(=O)Nc1ccc(C(=O)c2ccc(C(=O)OCCCCC(=O)CC[C@]3(C)C(O)CC[C@]4(C)C3CCC(=C)[C@H]4CC(OC(=O)c3ccc(C)cc3)C3=CCOC3=O)cc2)cc1. The van der Waals surface area contributed by atoms with Gasteiger partial charge in [0.1, 0.15) is 31.7 Å². The topological polar surface area (TPSA) is 219 Å². The van der Waals surface area contributed by atoms with E-state index >= 15 is 0 Å². The van der Waals surface area contributed by atoms with Crippen molar-refractivity contribution < 1.29 is 67.1 Å². The van der Waals surface area contributed by atoms with Crippen LogP contribution in [-0.2, 0) is 47.6 Å². The molecular weight excluding hydrogens is 961 g/mol. The van der Waals surface area contributed by atoms with Crippen LogP contribution in [0.2, 0.25) is 0 Å². The molecule has 16 nitrogen and oxygen atoms in total. The van der Waals surface area contributed by atoms with Crippen molar-refractivity contribution in [1.29, 1.82) is 0 Å². The zero-order valence-electron chi connectivity index (χ0n) is 43.3. The Morgan fingerprint density at radius 3 is 2.16 bits per heavy atom. The number of terminal acetylenes is 1. The maximum absolute atomic E-state index is 13.4. The van der Waals surface area contributed by atoms with Crippen molar-refractivity contribution in [3.8, 4) is 12.3 Å². The number of carbonyl (C=O) groups is 7. The number of aliphatic hydroxyl groups excluding tert-OH is 1. The summed E-state index contributed by atoms with van der Waals surface area (Å²) in [6.45, 7) is 11.7. The molecule has 0 radical (unpaired) electrons. The minimum atomic E-state index is -0.845. The number of nitrogens with one attached hydrogen (secondary N) is 2. The van der Waals surface area contributed by atoms with Gasteiger partial charge in [-0.3, -0.25) is 24.5 Å². The van der Waals surface area contributed by atoms with Gasteiger partial charge in [0.2, 0.25) is 5.91 Å². The largest absolute Gasteiger partial charge is 0.462 e. The number of fused-ring (bicyclic) bond motifs is 1. The first-order valence-electron chi connectivity index (χ1n) is 25.7. The molecule has 75 heavy (non-hydrogen) atoms. The molecule has 400 valence electrons. The van der Waals surface area contributed by atoms with Gasteiger partial charge in [0.15, 0.2) is 5.78 Å². The molecule has 16 heteroatoms. The van der Waals surface area contributed by atoms with Crippen LogP contribution in [0.15, 0.2) is 96.6 Å². The molecule has 3 unspecified atom stereocenters. The molecule has 3 aliphatic rings. The number of allylic oxidation sites excluding steroid dienone is 1. The molecule has 1 aliphatic heterocycles. The first kappa shape index (κ1) is 57.5. The number of amides is 1. The van der Waals surface area contributed by atoms with Crippen LogP contribution in [0.5, 0.6) is 0 Å². The third-order valence-electron chi connectivity index (χ3n) is 14.9. The number of hydrogen-bond acceptors (Lipinski definition) is 15. The van der Waals surface area contributed by atoms with E-state index in [0.717, 1.165) is 17.6 Å². The number of carbonyl (C=O) groups excluding carboxylic acids is 7. The van der Waals surface area contributed by atoms with Crippen molar-refractivity contribution in [2.24, 2.45) is 22.7 Å². The summed E-state index contributed by atoms with van der Waals surface area (Å²) in [6.07, 6.45) is 10.5. The molecule has 3 aromatic rings. The fraction of sp³-hybridized carbons (Fsp3) is 0.475. The number of rotatable bonds is 28. The highest BCUT2D eigenvalue weighted by atomic mass is 16.6. The summed E-state index contributed by atoms with van der Waals surface area (Å²) >= 11 is 0.